The molecular formula is C10H4ClF2N3O2S. The normalized spacial score (nSPS) is 10.5. The second kappa shape index (κ2) is 5.45. The molecule has 0 fully saturated rings. The molecule has 0 atom stereocenters. The molecular weight excluding hydrogens is 300 g/mol. The molecule has 0 spiro atoms. The first-order valence-corrected chi connectivity index (χ1v) is 5.96. The van der Waals surface area contributed by atoms with E-state index in [0.717, 1.165) is 18.5 Å². The highest BCUT2D eigenvalue weighted by molar-refractivity contribution is 7.99. The smallest absolute Gasteiger partial charge is 0.258 e. The lowest BCUT2D eigenvalue weighted by Crippen LogP contribution is -1.97. The SMILES string of the molecule is O=[N+]([O-])c1c(Cl)ncnc1Sc1ccc(F)cc1F. The molecule has 1 aromatic carbocycles. The second-order valence-corrected chi connectivity index (χ2v) is 4.64. The fourth-order valence-corrected chi connectivity index (χ4v) is 2.36. The van der Waals surface area contributed by atoms with Gasteiger partial charge in [-0.25, -0.2) is 18.7 Å². The summed E-state index contributed by atoms with van der Waals surface area (Å²) in [5.74, 6) is -1.58. The summed E-state index contributed by atoms with van der Waals surface area (Å²) in [6.07, 6.45) is 1.03. The third-order valence-corrected chi connectivity index (χ3v) is 3.35. The summed E-state index contributed by atoms with van der Waals surface area (Å²) < 4.78 is 26.2. The lowest BCUT2D eigenvalue weighted by atomic mass is 10.3. The standard InChI is InChI=1S/C10H4ClF2N3O2S/c11-9-8(16(17)18)10(15-4-14-9)19-7-2-1-5(12)3-6(7)13/h1-4H. The van der Waals surface area contributed by atoms with Crippen LogP contribution in [-0.4, -0.2) is 14.9 Å². The van der Waals surface area contributed by atoms with Crippen LogP contribution in [0.5, 0.6) is 0 Å². The van der Waals surface area contributed by atoms with Crippen LogP contribution in [0.3, 0.4) is 0 Å². The number of hydrogen-bond donors (Lipinski definition) is 0. The first-order chi connectivity index (χ1) is 8.99. The first-order valence-electron chi connectivity index (χ1n) is 4.77. The van der Waals surface area contributed by atoms with Crippen molar-refractivity contribution in [3.05, 3.63) is 51.4 Å². The number of nitrogens with zero attached hydrogens (tertiary/aromatic N) is 3. The van der Waals surface area contributed by atoms with E-state index in [1.807, 2.05) is 0 Å². The molecule has 98 valence electrons. The zero-order valence-corrected chi connectivity index (χ0v) is 10.6. The van der Waals surface area contributed by atoms with Crippen LogP contribution in [-0.2, 0) is 0 Å². The van der Waals surface area contributed by atoms with Crippen LogP contribution in [0.1, 0.15) is 0 Å². The molecule has 0 aliphatic heterocycles. The summed E-state index contributed by atoms with van der Waals surface area (Å²) in [4.78, 5) is 17.3. The molecule has 0 bridgehead atoms. The van der Waals surface area contributed by atoms with E-state index in [4.69, 9.17) is 11.6 Å². The van der Waals surface area contributed by atoms with E-state index < -0.39 is 22.2 Å². The van der Waals surface area contributed by atoms with Crippen molar-refractivity contribution in [2.45, 2.75) is 9.92 Å². The van der Waals surface area contributed by atoms with Gasteiger partial charge in [0, 0.05) is 11.0 Å². The Bertz CT molecular complexity index is 657. The number of benzene rings is 1. The molecule has 2 aromatic rings. The molecule has 1 aromatic heterocycles. The number of nitro groups is 1. The highest BCUT2D eigenvalue weighted by atomic mass is 35.5. The topological polar surface area (TPSA) is 68.9 Å². The Hall–Kier alpha value is -1.80. The number of hydrogen-bond acceptors (Lipinski definition) is 5. The Morgan fingerprint density at radius 2 is 2.05 bits per heavy atom. The summed E-state index contributed by atoms with van der Waals surface area (Å²) in [6.45, 7) is 0. The van der Waals surface area contributed by atoms with Gasteiger partial charge in [0.15, 0.2) is 5.03 Å². The minimum Gasteiger partial charge on any atom is -0.258 e. The Kier molecular flexibility index (Phi) is 3.91. The van der Waals surface area contributed by atoms with Gasteiger partial charge in [-0.3, -0.25) is 10.1 Å². The van der Waals surface area contributed by atoms with Gasteiger partial charge in [0.2, 0.25) is 5.15 Å². The van der Waals surface area contributed by atoms with Gasteiger partial charge in [-0.15, -0.1) is 0 Å². The molecule has 1 heterocycles. The van der Waals surface area contributed by atoms with Gasteiger partial charge in [-0.2, -0.15) is 0 Å². The summed E-state index contributed by atoms with van der Waals surface area (Å²) in [7, 11) is 0. The summed E-state index contributed by atoms with van der Waals surface area (Å²) >= 11 is 6.27. The number of rotatable bonds is 3. The van der Waals surface area contributed by atoms with Crippen LogP contribution in [0.15, 0.2) is 34.4 Å². The van der Waals surface area contributed by atoms with Crippen molar-refractivity contribution in [3.8, 4) is 0 Å². The Morgan fingerprint density at radius 1 is 1.32 bits per heavy atom. The van der Waals surface area contributed by atoms with E-state index in [1.165, 1.54) is 0 Å². The lowest BCUT2D eigenvalue weighted by Gasteiger charge is -2.03. The van der Waals surface area contributed by atoms with Gasteiger partial charge >= 0.3 is 5.69 Å². The number of halogens is 3. The highest BCUT2D eigenvalue weighted by Crippen LogP contribution is 2.37. The zero-order valence-electron chi connectivity index (χ0n) is 9.01. The molecule has 19 heavy (non-hydrogen) atoms. The fraction of sp³-hybridized carbons (Fsp3) is 0. The van der Waals surface area contributed by atoms with Crippen LogP contribution in [0.4, 0.5) is 14.5 Å². The Labute approximate surface area is 114 Å². The maximum absolute atomic E-state index is 13.5. The minimum atomic E-state index is -0.839. The quantitative estimate of drug-likeness (QED) is 0.493. The van der Waals surface area contributed by atoms with Crippen molar-refractivity contribution in [2.24, 2.45) is 0 Å². The molecule has 0 aliphatic rings. The maximum atomic E-state index is 13.5. The van der Waals surface area contributed by atoms with Gasteiger partial charge in [-0.1, -0.05) is 23.4 Å². The van der Waals surface area contributed by atoms with Crippen LogP contribution in [0.25, 0.3) is 0 Å². The minimum absolute atomic E-state index is 0.000679. The zero-order chi connectivity index (χ0) is 14.0. The molecule has 0 saturated heterocycles. The molecule has 5 nitrogen and oxygen atoms in total. The van der Waals surface area contributed by atoms with Gasteiger partial charge < -0.3 is 0 Å². The molecule has 2 rings (SSSR count). The average molecular weight is 304 g/mol. The summed E-state index contributed by atoms with van der Waals surface area (Å²) in [5, 5.41) is 10.4. The van der Waals surface area contributed by atoms with Gasteiger partial charge in [-0.05, 0) is 12.1 Å². The van der Waals surface area contributed by atoms with E-state index in [9.17, 15) is 18.9 Å². The molecule has 0 saturated carbocycles. The van der Waals surface area contributed by atoms with E-state index in [0.29, 0.717) is 17.8 Å². The van der Waals surface area contributed by atoms with Crippen LogP contribution >= 0.6 is 23.4 Å². The Balaban J connectivity index is 2.44. The van der Waals surface area contributed by atoms with Crippen molar-refractivity contribution in [1.29, 1.82) is 0 Å². The second-order valence-electron chi connectivity index (χ2n) is 3.25. The van der Waals surface area contributed by atoms with E-state index in [1.54, 1.807) is 0 Å². The summed E-state index contributed by atoms with van der Waals surface area (Å²) in [5.41, 5.74) is -0.516. The van der Waals surface area contributed by atoms with Gasteiger partial charge in [0.25, 0.3) is 0 Å². The van der Waals surface area contributed by atoms with Crippen molar-refractivity contribution >= 4 is 29.1 Å². The first kappa shape index (κ1) is 13.6. The monoisotopic (exact) mass is 303 g/mol. The largest absolute Gasteiger partial charge is 0.338 e. The third-order valence-electron chi connectivity index (χ3n) is 2.03. The van der Waals surface area contributed by atoms with E-state index in [2.05, 4.69) is 9.97 Å². The van der Waals surface area contributed by atoms with Gasteiger partial charge in [0.05, 0.1) is 4.92 Å². The van der Waals surface area contributed by atoms with E-state index in [-0.39, 0.29) is 15.1 Å². The number of aromatic nitrogens is 2. The fourth-order valence-electron chi connectivity index (χ4n) is 1.23. The predicted molar refractivity (Wildman–Crippen MR) is 64.2 cm³/mol. The molecule has 0 radical (unpaired) electrons. The van der Waals surface area contributed by atoms with Crippen molar-refractivity contribution in [1.82, 2.24) is 9.97 Å². The molecule has 0 unspecified atom stereocenters. The lowest BCUT2D eigenvalue weighted by molar-refractivity contribution is -0.388. The highest BCUT2D eigenvalue weighted by Gasteiger charge is 2.23. The molecule has 0 aliphatic carbocycles. The van der Waals surface area contributed by atoms with Crippen molar-refractivity contribution < 1.29 is 13.7 Å². The van der Waals surface area contributed by atoms with E-state index >= 15 is 0 Å². The average Bonchev–Trinajstić information content (AvgIpc) is 2.32. The molecule has 9 heteroatoms. The van der Waals surface area contributed by atoms with Gasteiger partial charge in [0.1, 0.15) is 18.0 Å². The van der Waals surface area contributed by atoms with Crippen molar-refractivity contribution in [3.63, 3.8) is 0 Å². The van der Waals surface area contributed by atoms with Crippen molar-refractivity contribution in [2.75, 3.05) is 0 Å². The molecule has 0 N–H and O–H groups in total. The third kappa shape index (κ3) is 2.96. The predicted octanol–water partition coefficient (Wildman–Crippen LogP) is 3.47. The van der Waals surface area contributed by atoms with Crippen LogP contribution < -0.4 is 0 Å². The molecule has 0 amide bonds. The van der Waals surface area contributed by atoms with Crippen LogP contribution in [0.2, 0.25) is 5.15 Å². The van der Waals surface area contributed by atoms with Crippen LogP contribution in [0, 0.1) is 21.7 Å². The maximum Gasteiger partial charge on any atom is 0.338 e. The Morgan fingerprint density at radius 3 is 2.68 bits per heavy atom. The summed E-state index contributed by atoms with van der Waals surface area (Å²) in [6, 6.07) is 2.88.